The van der Waals surface area contributed by atoms with E-state index >= 15 is 0 Å². The molecule has 0 saturated carbocycles. The van der Waals surface area contributed by atoms with Gasteiger partial charge in [-0.2, -0.15) is 5.10 Å². The van der Waals surface area contributed by atoms with Crippen molar-refractivity contribution in [1.82, 2.24) is 15.1 Å². The molecule has 2 aromatic rings. The van der Waals surface area contributed by atoms with Crippen LogP contribution in [0.25, 0.3) is 0 Å². The Morgan fingerprint density at radius 2 is 1.83 bits per heavy atom. The highest BCUT2D eigenvalue weighted by molar-refractivity contribution is 5.48. The maximum Gasteiger partial charge on any atom is 0.135 e. The van der Waals surface area contributed by atoms with Crippen LogP contribution in [0.5, 0.6) is 11.5 Å². The Morgan fingerprint density at radius 3 is 2.50 bits per heavy atom. The van der Waals surface area contributed by atoms with Gasteiger partial charge in [-0.15, -0.1) is 0 Å². The van der Waals surface area contributed by atoms with Crippen molar-refractivity contribution in [1.29, 1.82) is 0 Å². The van der Waals surface area contributed by atoms with E-state index in [2.05, 4.69) is 22.3 Å². The highest BCUT2D eigenvalue weighted by Crippen LogP contribution is 2.21. The normalized spacial score (nSPS) is 14.8. The fraction of sp³-hybridized carbons (Fsp3) is 0.421. The van der Waals surface area contributed by atoms with Crippen LogP contribution < -0.4 is 14.8 Å². The fourth-order valence-electron chi connectivity index (χ4n) is 2.87. The van der Waals surface area contributed by atoms with Crippen LogP contribution in [0.3, 0.4) is 0 Å². The molecule has 1 fully saturated rings. The van der Waals surface area contributed by atoms with Crippen LogP contribution in [0, 0.1) is 17.8 Å². The predicted octanol–water partition coefficient (Wildman–Crippen LogP) is 2.30. The average Bonchev–Trinajstić information content (AvgIpc) is 3.08. The minimum absolute atomic E-state index is 0.703. The summed E-state index contributed by atoms with van der Waals surface area (Å²) in [6.45, 7) is 3.18. The van der Waals surface area contributed by atoms with E-state index in [9.17, 15) is 0 Å². The van der Waals surface area contributed by atoms with Gasteiger partial charge in [0.1, 0.15) is 17.2 Å². The SMILES string of the molecule is COc1cc(C#Cc2ccn(CC3CCNCC3)n2)cc(OC)c1. The summed E-state index contributed by atoms with van der Waals surface area (Å²) in [7, 11) is 3.27. The van der Waals surface area contributed by atoms with Crippen molar-refractivity contribution in [2.24, 2.45) is 5.92 Å². The Morgan fingerprint density at radius 1 is 1.12 bits per heavy atom. The molecule has 1 aromatic carbocycles. The van der Waals surface area contributed by atoms with E-state index in [1.165, 1.54) is 12.8 Å². The second-order valence-corrected chi connectivity index (χ2v) is 5.97. The molecule has 126 valence electrons. The van der Waals surface area contributed by atoms with Crippen molar-refractivity contribution in [3.05, 3.63) is 41.7 Å². The number of hydrogen-bond donors (Lipinski definition) is 1. The van der Waals surface area contributed by atoms with Crippen molar-refractivity contribution in [2.75, 3.05) is 27.3 Å². The first-order valence-corrected chi connectivity index (χ1v) is 8.26. The van der Waals surface area contributed by atoms with Crippen molar-refractivity contribution in [3.8, 4) is 23.3 Å². The summed E-state index contributed by atoms with van der Waals surface area (Å²) >= 11 is 0. The van der Waals surface area contributed by atoms with Gasteiger partial charge in [0.05, 0.1) is 14.2 Å². The quantitative estimate of drug-likeness (QED) is 0.877. The number of methoxy groups -OCH3 is 2. The number of nitrogens with one attached hydrogen (secondary N) is 1. The van der Waals surface area contributed by atoms with Crippen molar-refractivity contribution >= 4 is 0 Å². The Labute approximate surface area is 143 Å². The maximum absolute atomic E-state index is 5.27. The molecule has 0 bridgehead atoms. The van der Waals surface area contributed by atoms with Gasteiger partial charge in [-0.1, -0.05) is 5.92 Å². The number of nitrogens with zero attached hydrogens (tertiary/aromatic N) is 2. The summed E-state index contributed by atoms with van der Waals surface area (Å²) < 4.78 is 12.5. The van der Waals surface area contributed by atoms with E-state index in [1.807, 2.05) is 35.1 Å². The van der Waals surface area contributed by atoms with Crippen LogP contribution in [0.4, 0.5) is 0 Å². The first-order chi connectivity index (χ1) is 11.8. The Bertz CT molecular complexity index is 714. The molecule has 1 N–H and O–H groups in total. The number of piperidine rings is 1. The molecule has 0 spiro atoms. The summed E-state index contributed by atoms with van der Waals surface area (Å²) in [5, 5.41) is 7.96. The summed E-state index contributed by atoms with van der Waals surface area (Å²) in [6.07, 6.45) is 4.44. The molecule has 1 aliphatic rings. The lowest BCUT2D eigenvalue weighted by Crippen LogP contribution is -2.30. The molecule has 24 heavy (non-hydrogen) atoms. The lowest BCUT2D eigenvalue weighted by atomic mass is 9.98. The van der Waals surface area contributed by atoms with Crippen molar-refractivity contribution in [3.63, 3.8) is 0 Å². The van der Waals surface area contributed by atoms with Gasteiger partial charge in [-0.05, 0) is 56.0 Å². The zero-order valence-corrected chi connectivity index (χ0v) is 14.2. The molecule has 0 atom stereocenters. The highest BCUT2D eigenvalue weighted by atomic mass is 16.5. The standard InChI is InChI=1S/C19H23N3O2/c1-23-18-11-16(12-19(13-18)24-2)3-4-17-7-10-22(21-17)14-15-5-8-20-9-6-15/h7,10-13,15,20H,5-6,8-9,14H2,1-2H3. The van der Waals surface area contributed by atoms with Crippen molar-refractivity contribution in [2.45, 2.75) is 19.4 Å². The summed E-state index contributed by atoms with van der Waals surface area (Å²) in [5.41, 5.74) is 1.63. The Hall–Kier alpha value is -2.45. The monoisotopic (exact) mass is 325 g/mol. The summed E-state index contributed by atoms with van der Waals surface area (Å²) in [4.78, 5) is 0. The van der Waals surface area contributed by atoms with Gasteiger partial charge in [0.2, 0.25) is 0 Å². The zero-order valence-electron chi connectivity index (χ0n) is 14.2. The topological polar surface area (TPSA) is 48.3 Å². The van der Waals surface area contributed by atoms with E-state index in [0.717, 1.165) is 42.4 Å². The molecule has 0 amide bonds. The predicted molar refractivity (Wildman–Crippen MR) is 93.3 cm³/mol. The third kappa shape index (κ3) is 4.30. The molecule has 1 aromatic heterocycles. The largest absolute Gasteiger partial charge is 0.497 e. The van der Waals surface area contributed by atoms with Gasteiger partial charge in [0.15, 0.2) is 0 Å². The number of ether oxygens (including phenoxy) is 2. The summed E-state index contributed by atoms with van der Waals surface area (Å²) in [5.74, 6) is 8.41. The fourth-order valence-corrected chi connectivity index (χ4v) is 2.87. The van der Waals surface area contributed by atoms with Gasteiger partial charge >= 0.3 is 0 Å². The van der Waals surface area contributed by atoms with Crippen LogP contribution in [-0.4, -0.2) is 37.1 Å². The molecule has 5 heteroatoms. The maximum atomic E-state index is 5.27. The average molecular weight is 325 g/mol. The molecular formula is C19H23N3O2. The van der Waals surface area contributed by atoms with E-state index in [0.29, 0.717) is 5.92 Å². The first-order valence-electron chi connectivity index (χ1n) is 8.26. The molecular weight excluding hydrogens is 302 g/mol. The second-order valence-electron chi connectivity index (χ2n) is 5.97. The van der Waals surface area contributed by atoms with E-state index in [4.69, 9.17) is 9.47 Å². The number of benzene rings is 1. The van der Waals surface area contributed by atoms with Crippen molar-refractivity contribution < 1.29 is 9.47 Å². The molecule has 0 radical (unpaired) electrons. The van der Waals surface area contributed by atoms with Gasteiger partial charge in [-0.25, -0.2) is 0 Å². The van der Waals surface area contributed by atoms with Gasteiger partial charge < -0.3 is 14.8 Å². The van der Waals surface area contributed by atoms with Crippen LogP contribution in [-0.2, 0) is 6.54 Å². The zero-order chi connectivity index (χ0) is 16.8. The molecule has 1 aliphatic heterocycles. The third-order valence-electron chi connectivity index (χ3n) is 4.23. The van der Waals surface area contributed by atoms with Gasteiger partial charge in [0.25, 0.3) is 0 Å². The Balaban J connectivity index is 1.69. The van der Waals surface area contributed by atoms with E-state index in [-0.39, 0.29) is 0 Å². The highest BCUT2D eigenvalue weighted by Gasteiger charge is 2.13. The van der Waals surface area contributed by atoms with E-state index < -0.39 is 0 Å². The molecule has 1 saturated heterocycles. The third-order valence-corrected chi connectivity index (χ3v) is 4.23. The van der Waals surface area contributed by atoms with Gasteiger partial charge in [-0.3, -0.25) is 4.68 Å². The number of rotatable bonds is 4. The lowest BCUT2D eigenvalue weighted by molar-refractivity contribution is 0.321. The summed E-state index contributed by atoms with van der Waals surface area (Å²) in [6, 6.07) is 7.58. The molecule has 0 unspecified atom stereocenters. The molecule has 2 heterocycles. The smallest absolute Gasteiger partial charge is 0.135 e. The number of aromatic nitrogens is 2. The lowest BCUT2D eigenvalue weighted by Gasteiger charge is -2.22. The Kier molecular flexibility index (Phi) is 5.39. The molecule has 5 nitrogen and oxygen atoms in total. The second kappa shape index (κ2) is 7.89. The van der Waals surface area contributed by atoms with Gasteiger partial charge in [0, 0.05) is 24.4 Å². The van der Waals surface area contributed by atoms with E-state index in [1.54, 1.807) is 14.2 Å². The van der Waals surface area contributed by atoms with Crippen LogP contribution >= 0.6 is 0 Å². The minimum atomic E-state index is 0.703. The minimum Gasteiger partial charge on any atom is -0.497 e. The first kappa shape index (κ1) is 16.4. The van der Waals surface area contributed by atoms with Crippen LogP contribution in [0.15, 0.2) is 30.5 Å². The molecule has 3 rings (SSSR count). The van der Waals surface area contributed by atoms with Crippen LogP contribution in [0.2, 0.25) is 0 Å². The van der Waals surface area contributed by atoms with Crippen LogP contribution in [0.1, 0.15) is 24.1 Å². The number of hydrogen-bond acceptors (Lipinski definition) is 4. The molecule has 0 aliphatic carbocycles.